The number of carbonyl (C=O) groups is 1. The van der Waals surface area contributed by atoms with Gasteiger partial charge >= 0.3 is 0 Å². The summed E-state index contributed by atoms with van der Waals surface area (Å²) in [7, 11) is 3.87. The third-order valence-corrected chi connectivity index (χ3v) is 1.89. The second kappa shape index (κ2) is 5.13. The number of rotatable bonds is 4. The largest absolute Gasteiger partial charge is 0.345 e. The third kappa shape index (κ3) is 4.79. The highest BCUT2D eigenvalue weighted by atomic mass is 16.2. The van der Waals surface area contributed by atoms with E-state index in [1.54, 1.807) is 11.8 Å². The first-order chi connectivity index (χ1) is 5.07. The van der Waals surface area contributed by atoms with Crippen LogP contribution in [0.3, 0.4) is 0 Å². The number of amides is 1. The summed E-state index contributed by atoms with van der Waals surface area (Å²) in [6.07, 6.45) is 0. The molecule has 0 saturated heterocycles. The van der Waals surface area contributed by atoms with Gasteiger partial charge in [-0.15, -0.1) is 0 Å². The first-order valence-corrected chi connectivity index (χ1v) is 3.98. The maximum Gasteiger partial charge on any atom is 0.219 e. The Morgan fingerprint density at radius 1 is 1.27 bits per heavy atom. The van der Waals surface area contributed by atoms with Crippen LogP contribution in [0.2, 0.25) is 0 Å². The Morgan fingerprint density at radius 2 is 1.82 bits per heavy atom. The number of nitrogens with zero attached hydrogens (tertiary/aromatic N) is 2. The van der Waals surface area contributed by atoms with Crippen molar-refractivity contribution < 1.29 is 4.79 Å². The molecule has 0 aliphatic carbocycles. The summed E-state index contributed by atoms with van der Waals surface area (Å²) in [6, 6.07) is 0. The molecule has 0 rings (SSSR count). The quantitative estimate of drug-likeness (QED) is 0.592. The van der Waals surface area contributed by atoms with Crippen LogP contribution in [0.4, 0.5) is 0 Å². The summed E-state index contributed by atoms with van der Waals surface area (Å²) in [5.74, 6) is 0.134. The van der Waals surface area contributed by atoms with Crippen LogP contribution in [0.1, 0.15) is 13.8 Å². The van der Waals surface area contributed by atoms with Crippen molar-refractivity contribution in [1.29, 1.82) is 0 Å². The van der Waals surface area contributed by atoms with Crippen molar-refractivity contribution in [1.82, 2.24) is 9.80 Å². The topological polar surface area (TPSA) is 23.6 Å². The Hall–Kier alpha value is -0.570. The van der Waals surface area contributed by atoms with E-state index in [4.69, 9.17) is 0 Å². The Balaban J connectivity index is 3.45. The molecule has 0 aromatic heterocycles. The number of hydrogen-bond acceptors (Lipinski definition) is 2. The standard InChI is InChI=1S/C8H18N2O/c1-5-9(3)6-7-10(4)8(2)11/h5-7H2,1-4H3. The fourth-order valence-electron chi connectivity index (χ4n) is 0.636. The smallest absolute Gasteiger partial charge is 0.219 e. The second-order valence-corrected chi connectivity index (χ2v) is 2.84. The first kappa shape index (κ1) is 10.4. The van der Waals surface area contributed by atoms with Crippen LogP contribution in [0.15, 0.2) is 0 Å². The Morgan fingerprint density at radius 3 is 2.18 bits per heavy atom. The molecule has 0 saturated carbocycles. The van der Waals surface area contributed by atoms with Crippen molar-refractivity contribution in [2.45, 2.75) is 13.8 Å². The van der Waals surface area contributed by atoms with Gasteiger partial charge in [0.15, 0.2) is 0 Å². The van der Waals surface area contributed by atoms with E-state index in [1.165, 1.54) is 0 Å². The number of hydrogen-bond donors (Lipinski definition) is 0. The molecule has 11 heavy (non-hydrogen) atoms. The van der Waals surface area contributed by atoms with Gasteiger partial charge in [-0.3, -0.25) is 4.79 Å². The molecule has 0 atom stereocenters. The van der Waals surface area contributed by atoms with E-state index in [0.717, 1.165) is 19.6 Å². The van der Waals surface area contributed by atoms with Crippen molar-refractivity contribution in [3.05, 3.63) is 0 Å². The van der Waals surface area contributed by atoms with Gasteiger partial charge in [0, 0.05) is 27.1 Å². The van der Waals surface area contributed by atoms with Gasteiger partial charge in [0.05, 0.1) is 0 Å². The molecule has 0 unspecified atom stereocenters. The third-order valence-electron chi connectivity index (χ3n) is 1.89. The van der Waals surface area contributed by atoms with Crippen LogP contribution >= 0.6 is 0 Å². The maximum absolute atomic E-state index is 10.8. The van der Waals surface area contributed by atoms with E-state index in [-0.39, 0.29) is 5.91 Å². The first-order valence-electron chi connectivity index (χ1n) is 3.98. The highest BCUT2D eigenvalue weighted by Crippen LogP contribution is 1.86. The molecule has 0 aliphatic heterocycles. The second-order valence-electron chi connectivity index (χ2n) is 2.84. The number of carbonyl (C=O) groups excluding carboxylic acids is 1. The molecular formula is C8H18N2O. The van der Waals surface area contributed by atoms with Crippen molar-refractivity contribution in [2.75, 3.05) is 33.7 Å². The lowest BCUT2D eigenvalue weighted by Gasteiger charge is -2.19. The average molecular weight is 158 g/mol. The van der Waals surface area contributed by atoms with Crippen molar-refractivity contribution in [2.24, 2.45) is 0 Å². The van der Waals surface area contributed by atoms with Crippen molar-refractivity contribution in [3.63, 3.8) is 0 Å². The maximum atomic E-state index is 10.8. The molecule has 66 valence electrons. The van der Waals surface area contributed by atoms with Crippen LogP contribution in [-0.2, 0) is 4.79 Å². The van der Waals surface area contributed by atoms with E-state index >= 15 is 0 Å². The van der Waals surface area contributed by atoms with Gasteiger partial charge in [0.2, 0.25) is 5.91 Å². The predicted octanol–water partition coefficient (Wildman–Crippen LogP) is 0.416. The summed E-state index contributed by atoms with van der Waals surface area (Å²) in [5.41, 5.74) is 0. The summed E-state index contributed by atoms with van der Waals surface area (Å²) in [5, 5.41) is 0. The molecule has 0 radical (unpaired) electrons. The molecular weight excluding hydrogens is 140 g/mol. The molecule has 0 aromatic rings. The minimum absolute atomic E-state index is 0.134. The fraction of sp³-hybridized carbons (Fsp3) is 0.875. The lowest BCUT2D eigenvalue weighted by atomic mass is 10.4. The molecule has 0 bridgehead atoms. The molecule has 0 fully saturated rings. The highest BCUT2D eigenvalue weighted by molar-refractivity contribution is 5.72. The number of likely N-dealkylation sites (N-methyl/N-ethyl adjacent to an activating group) is 2. The van der Waals surface area contributed by atoms with Gasteiger partial charge in [-0.25, -0.2) is 0 Å². The molecule has 3 nitrogen and oxygen atoms in total. The van der Waals surface area contributed by atoms with E-state index in [0.29, 0.717) is 0 Å². The lowest BCUT2D eigenvalue weighted by molar-refractivity contribution is -0.127. The SMILES string of the molecule is CCN(C)CCN(C)C(C)=O. The Bertz CT molecular complexity index is 125. The van der Waals surface area contributed by atoms with Crippen LogP contribution < -0.4 is 0 Å². The van der Waals surface area contributed by atoms with E-state index < -0.39 is 0 Å². The predicted molar refractivity (Wildman–Crippen MR) is 46.5 cm³/mol. The molecule has 0 aromatic carbocycles. The zero-order valence-corrected chi connectivity index (χ0v) is 7.92. The minimum Gasteiger partial charge on any atom is -0.345 e. The molecule has 3 heteroatoms. The zero-order valence-electron chi connectivity index (χ0n) is 7.92. The Labute approximate surface area is 69.0 Å². The summed E-state index contributed by atoms with van der Waals surface area (Å²) in [6.45, 7) is 6.50. The van der Waals surface area contributed by atoms with Crippen LogP contribution in [-0.4, -0.2) is 49.4 Å². The van der Waals surface area contributed by atoms with E-state index in [9.17, 15) is 4.79 Å². The van der Waals surface area contributed by atoms with Gasteiger partial charge < -0.3 is 9.80 Å². The van der Waals surface area contributed by atoms with Crippen LogP contribution in [0.5, 0.6) is 0 Å². The van der Waals surface area contributed by atoms with Crippen molar-refractivity contribution >= 4 is 5.91 Å². The van der Waals surface area contributed by atoms with Gasteiger partial charge in [-0.2, -0.15) is 0 Å². The lowest BCUT2D eigenvalue weighted by Crippen LogP contribution is -2.33. The molecule has 0 aliphatic rings. The van der Waals surface area contributed by atoms with Gasteiger partial charge in [0.1, 0.15) is 0 Å². The molecule has 0 N–H and O–H groups in total. The summed E-state index contributed by atoms with van der Waals surface area (Å²) in [4.78, 5) is 14.7. The summed E-state index contributed by atoms with van der Waals surface area (Å²) < 4.78 is 0. The minimum atomic E-state index is 0.134. The normalized spacial score (nSPS) is 10.3. The van der Waals surface area contributed by atoms with E-state index in [2.05, 4.69) is 11.8 Å². The van der Waals surface area contributed by atoms with Crippen molar-refractivity contribution in [3.8, 4) is 0 Å². The highest BCUT2D eigenvalue weighted by Gasteiger charge is 2.01. The zero-order chi connectivity index (χ0) is 8.85. The monoisotopic (exact) mass is 158 g/mol. The average Bonchev–Trinajstić information content (AvgIpc) is 1.99. The van der Waals surface area contributed by atoms with Crippen LogP contribution in [0.25, 0.3) is 0 Å². The van der Waals surface area contributed by atoms with Gasteiger partial charge in [-0.1, -0.05) is 6.92 Å². The Kier molecular flexibility index (Phi) is 4.86. The van der Waals surface area contributed by atoms with Gasteiger partial charge in [-0.05, 0) is 13.6 Å². The van der Waals surface area contributed by atoms with Gasteiger partial charge in [0.25, 0.3) is 0 Å². The molecule has 1 amide bonds. The van der Waals surface area contributed by atoms with E-state index in [1.807, 2.05) is 14.1 Å². The molecule has 0 spiro atoms. The fourth-order valence-corrected chi connectivity index (χ4v) is 0.636. The van der Waals surface area contributed by atoms with Crippen LogP contribution in [0, 0.1) is 0 Å². The molecule has 0 heterocycles. The summed E-state index contributed by atoms with van der Waals surface area (Å²) >= 11 is 0.